The molecular weight excluding hydrogens is 346 g/mol. The molecule has 28 heavy (non-hydrogen) atoms. The van der Waals surface area contributed by atoms with Gasteiger partial charge in [0, 0.05) is 18.5 Å². The van der Waals surface area contributed by atoms with Crippen LogP contribution in [0.2, 0.25) is 0 Å². The monoisotopic (exact) mass is 381 g/mol. The molecule has 1 heterocycles. The van der Waals surface area contributed by atoms with Crippen LogP contribution in [0.25, 0.3) is 12.2 Å². The Labute approximate surface area is 170 Å². The molecule has 0 bridgehead atoms. The molecule has 0 unspecified atom stereocenters. The Morgan fingerprint density at radius 2 is 1.21 bits per heavy atom. The fourth-order valence-corrected chi connectivity index (χ4v) is 2.96. The highest BCUT2D eigenvalue weighted by molar-refractivity contribution is 5.70. The molecule has 152 valence electrons. The number of ether oxygens (including phenoxy) is 2. The third-order valence-electron chi connectivity index (χ3n) is 4.61. The van der Waals surface area contributed by atoms with E-state index in [2.05, 4.69) is 43.1 Å². The predicted octanol–water partition coefficient (Wildman–Crippen LogP) is 7.17. The van der Waals surface area contributed by atoms with E-state index in [0.29, 0.717) is 0 Å². The lowest BCUT2D eigenvalue weighted by Crippen LogP contribution is -2.00. The first-order valence-electron chi connectivity index (χ1n) is 10.8. The van der Waals surface area contributed by atoms with E-state index in [-0.39, 0.29) is 0 Å². The second kappa shape index (κ2) is 13.8. The van der Waals surface area contributed by atoms with Crippen LogP contribution in [-0.4, -0.2) is 18.2 Å². The number of hydrogen-bond acceptors (Lipinski definition) is 3. The lowest BCUT2D eigenvalue weighted by molar-refractivity contribution is 0.290. The van der Waals surface area contributed by atoms with Crippen LogP contribution < -0.4 is 9.47 Å². The summed E-state index contributed by atoms with van der Waals surface area (Å²) >= 11 is 0. The molecule has 0 spiro atoms. The first kappa shape index (κ1) is 22.0. The molecule has 0 N–H and O–H groups in total. The highest BCUT2D eigenvalue weighted by Gasteiger charge is 2.03. The summed E-state index contributed by atoms with van der Waals surface area (Å²) in [5.74, 6) is 1.77. The van der Waals surface area contributed by atoms with Gasteiger partial charge in [0.2, 0.25) is 0 Å². The van der Waals surface area contributed by atoms with Crippen LogP contribution in [0.4, 0.5) is 0 Å². The van der Waals surface area contributed by atoms with E-state index in [1.807, 2.05) is 18.2 Å². The fraction of sp³-hybridized carbons (Fsp3) is 0.480. The summed E-state index contributed by atoms with van der Waals surface area (Å²) in [6.45, 7) is 5.97. The van der Waals surface area contributed by atoms with Crippen molar-refractivity contribution in [2.75, 3.05) is 13.2 Å². The van der Waals surface area contributed by atoms with Crippen LogP contribution in [-0.2, 0) is 0 Å². The average molecular weight is 382 g/mol. The van der Waals surface area contributed by atoms with E-state index in [0.717, 1.165) is 48.7 Å². The van der Waals surface area contributed by atoms with Crippen molar-refractivity contribution in [1.82, 2.24) is 4.98 Å². The molecule has 2 rings (SSSR count). The van der Waals surface area contributed by atoms with Crippen LogP contribution in [0.5, 0.6) is 11.5 Å². The third-order valence-corrected chi connectivity index (χ3v) is 4.61. The molecule has 1 aromatic heterocycles. The van der Waals surface area contributed by atoms with Crippen molar-refractivity contribution in [3.63, 3.8) is 0 Å². The first-order chi connectivity index (χ1) is 13.8. The fourth-order valence-electron chi connectivity index (χ4n) is 2.96. The van der Waals surface area contributed by atoms with Crippen molar-refractivity contribution in [2.24, 2.45) is 0 Å². The summed E-state index contributed by atoms with van der Waals surface area (Å²) in [6.07, 6.45) is 17.5. The molecule has 3 heteroatoms. The van der Waals surface area contributed by atoms with E-state index in [1.165, 1.54) is 38.5 Å². The number of benzene rings is 1. The van der Waals surface area contributed by atoms with Crippen LogP contribution >= 0.6 is 0 Å². The maximum atomic E-state index is 6.01. The third kappa shape index (κ3) is 9.07. The smallest absolute Gasteiger partial charge is 0.123 e. The van der Waals surface area contributed by atoms with Gasteiger partial charge in [-0.1, -0.05) is 64.5 Å². The Kier molecular flexibility index (Phi) is 10.9. The molecule has 3 nitrogen and oxygen atoms in total. The van der Waals surface area contributed by atoms with Gasteiger partial charge in [-0.2, -0.15) is 0 Å². The normalized spacial score (nSPS) is 11.1. The molecule has 0 saturated carbocycles. The molecule has 0 aliphatic carbocycles. The summed E-state index contributed by atoms with van der Waals surface area (Å²) in [7, 11) is 0. The summed E-state index contributed by atoms with van der Waals surface area (Å²) in [5.41, 5.74) is 2.22. The lowest BCUT2D eigenvalue weighted by atomic mass is 10.1. The maximum absolute atomic E-state index is 6.01. The molecule has 0 fully saturated rings. The second-order valence-corrected chi connectivity index (χ2v) is 7.17. The predicted molar refractivity (Wildman–Crippen MR) is 119 cm³/mol. The zero-order valence-electron chi connectivity index (χ0n) is 17.5. The molecule has 0 aliphatic heterocycles. The minimum Gasteiger partial charge on any atom is -0.493 e. The summed E-state index contributed by atoms with van der Waals surface area (Å²) in [5, 5.41) is 0. The summed E-state index contributed by atoms with van der Waals surface area (Å²) in [4.78, 5) is 4.06. The Morgan fingerprint density at radius 1 is 0.679 bits per heavy atom. The van der Waals surface area contributed by atoms with Crippen molar-refractivity contribution in [1.29, 1.82) is 0 Å². The van der Waals surface area contributed by atoms with Gasteiger partial charge in [-0.25, -0.2) is 0 Å². The van der Waals surface area contributed by atoms with E-state index in [1.54, 1.807) is 12.4 Å². The van der Waals surface area contributed by atoms with E-state index >= 15 is 0 Å². The maximum Gasteiger partial charge on any atom is 0.123 e. The van der Waals surface area contributed by atoms with Crippen molar-refractivity contribution >= 4 is 12.2 Å². The molecule has 0 atom stereocenters. The van der Waals surface area contributed by atoms with Crippen LogP contribution in [0.3, 0.4) is 0 Å². The van der Waals surface area contributed by atoms with Gasteiger partial charge < -0.3 is 9.47 Å². The van der Waals surface area contributed by atoms with Gasteiger partial charge in [0.15, 0.2) is 0 Å². The molecule has 0 aliphatic rings. The molecule has 2 aromatic rings. The van der Waals surface area contributed by atoms with Crippen LogP contribution in [0.15, 0.2) is 42.7 Å². The van der Waals surface area contributed by atoms with E-state index in [4.69, 9.17) is 9.47 Å². The zero-order valence-corrected chi connectivity index (χ0v) is 17.5. The Morgan fingerprint density at radius 3 is 1.75 bits per heavy atom. The second-order valence-electron chi connectivity index (χ2n) is 7.17. The van der Waals surface area contributed by atoms with Crippen molar-refractivity contribution in [2.45, 2.75) is 65.2 Å². The Balaban J connectivity index is 2.00. The van der Waals surface area contributed by atoms with Gasteiger partial charge in [-0.05, 0) is 48.2 Å². The first-order valence-corrected chi connectivity index (χ1v) is 10.8. The molecule has 0 radical (unpaired) electrons. The highest BCUT2D eigenvalue weighted by Crippen LogP contribution is 2.25. The van der Waals surface area contributed by atoms with Gasteiger partial charge >= 0.3 is 0 Å². The minimum absolute atomic E-state index is 0.757. The van der Waals surface area contributed by atoms with Gasteiger partial charge in [0.25, 0.3) is 0 Å². The topological polar surface area (TPSA) is 31.4 Å². The number of rotatable bonds is 14. The van der Waals surface area contributed by atoms with Gasteiger partial charge in [-0.3, -0.25) is 4.98 Å². The lowest BCUT2D eigenvalue weighted by Gasteiger charge is -2.11. The van der Waals surface area contributed by atoms with Crippen molar-refractivity contribution < 1.29 is 9.47 Å². The number of unbranched alkanes of at least 4 members (excludes halogenated alkanes) is 6. The van der Waals surface area contributed by atoms with E-state index in [9.17, 15) is 0 Å². The number of nitrogens with zero attached hydrogens (tertiary/aromatic N) is 1. The molecular formula is C25H35NO2. The Hall–Kier alpha value is -2.29. The highest BCUT2D eigenvalue weighted by atomic mass is 16.5. The van der Waals surface area contributed by atoms with Gasteiger partial charge in [-0.15, -0.1) is 0 Å². The molecule has 0 saturated heterocycles. The number of pyridine rings is 1. The van der Waals surface area contributed by atoms with Crippen molar-refractivity contribution in [3.05, 3.63) is 53.9 Å². The summed E-state index contributed by atoms with van der Waals surface area (Å²) < 4.78 is 12.0. The number of aromatic nitrogens is 1. The largest absolute Gasteiger partial charge is 0.493 e. The SMILES string of the molecule is CCCCCCOc1cc(/C=C/c2ccncc2)cc(OCCCCCC)c1. The summed E-state index contributed by atoms with van der Waals surface area (Å²) in [6, 6.07) is 10.2. The zero-order chi connectivity index (χ0) is 19.9. The Bertz CT molecular complexity index is 650. The van der Waals surface area contributed by atoms with Crippen molar-refractivity contribution in [3.8, 4) is 11.5 Å². The average Bonchev–Trinajstić information content (AvgIpc) is 2.73. The van der Waals surface area contributed by atoms with E-state index < -0.39 is 0 Å². The van der Waals surface area contributed by atoms with Gasteiger partial charge in [0.1, 0.15) is 11.5 Å². The molecule has 1 aromatic carbocycles. The molecule has 0 amide bonds. The quantitative estimate of drug-likeness (QED) is 0.325. The van der Waals surface area contributed by atoms with Gasteiger partial charge in [0.05, 0.1) is 13.2 Å². The minimum atomic E-state index is 0.757. The standard InChI is InChI=1S/C25H35NO2/c1-3-5-7-9-17-27-24-19-23(12-11-22-13-15-26-16-14-22)20-25(21-24)28-18-10-8-6-4-2/h11-16,19-21H,3-10,17-18H2,1-2H3/b12-11+. The number of hydrogen-bond donors (Lipinski definition) is 0. The van der Waals surface area contributed by atoms with Crippen LogP contribution in [0, 0.1) is 0 Å². The van der Waals surface area contributed by atoms with Crippen LogP contribution in [0.1, 0.15) is 76.3 Å².